The molecule has 2 aromatic carbocycles. The molecule has 0 spiro atoms. The second kappa shape index (κ2) is 5.33. The van der Waals surface area contributed by atoms with Crippen molar-refractivity contribution in [3.05, 3.63) is 48.0 Å². The Kier molecular flexibility index (Phi) is 3.76. The molecule has 1 unspecified atom stereocenters. The van der Waals surface area contributed by atoms with E-state index in [0.29, 0.717) is 6.10 Å². The lowest BCUT2D eigenvalue weighted by molar-refractivity contribution is 0.408. The number of hydrogen-bond acceptors (Lipinski definition) is 3. The van der Waals surface area contributed by atoms with Gasteiger partial charge in [-0.3, -0.25) is 0 Å². The first-order chi connectivity index (χ1) is 8.72. The van der Waals surface area contributed by atoms with Gasteiger partial charge in [-0.25, -0.2) is 0 Å². The van der Waals surface area contributed by atoms with Gasteiger partial charge in [0.2, 0.25) is 0 Å². The zero-order chi connectivity index (χ0) is 12.5. The number of nitrogen functional groups attached to an aromatic ring is 2. The smallest absolute Gasteiger partial charge is 0.0850 e. The highest BCUT2D eigenvalue weighted by atomic mass is 16.6. The summed E-state index contributed by atoms with van der Waals surface area (Å²) in [5, 5.41) is 0. The molecule has 0 aromatic heterocycles. The molecule has 1 atom stereocenters. The number of benzene rings is 2. The lowest BCUT2D eigenvalue weighted by atomic mass is 9.96. The van der Waals surface area contributed by atoms with Crippen LogP contribution in [0.15, 0.2) is 42.5 Å². The molecular formula is C16H20N2O. The van der Waals surface area contributed by atoms with E-state index in [9.17, 15) is 0 Å². The second-order valence-corrected chi connectivity index (χ2v) is 4.70. The van der Waals surface area contributed by atoms with Crippen LogP contribution in [-0.4, -0.2) is 12.7 Å². The van der Waals surface area contributed by atoms with Crippen molar-refractivity contribution in [2.45, 2.75) is 20.0 Å². The third-order valence-corrected chi connectivity index (χ3v) is 3.20. The van der Waals surface area contributed by atoms with Crippen LogP contribution in [0, 0.1) is 0 Å². The summed E-state index contributed by atoms with van der Waals surface area (Å²) < 4.78 is 5.30. The Morgan fingerprint density at radius 1 is 1.00 bits per heavy atom. The van der Waals surface area contributed by atoms with E-state index in [1.54, 1.807) is 0 Å². The number of rotatable bonds is 3. The van der Waals surface area contributed by atoms with Gasteiger partial charge >= 0.3 is 0 Å². The summed E-state index contributed by atoms with van der Waals surface area (Å²) in [6, 6.07) is 14.0. The summed E-state index contributed by atoms with van der Waals surface area (Å²) in [7, 11) is 0. The summed E-state index contributed by atoms with van der Waals surface area (Å²) in [6.07, 6.45) is 1.28. The molecule has 1 aliphatic rings. The van der Waals surface area contributed by atoms with Gasteiger partial charge in [0.1, 0.15) is 0 Å². The van der Waals surface area contributed by atoms with Crippen molar-refractivity contribution in [3.8, 4) is 11.1 Å². The van der Waals surface area contributed by atoms with Crippen LogP contribution >= 0.6 is 0 Å². The summed E-state index contributed by atoms with van der Waals surface area (Å²) >= 11 is 0. The Morgan fingerprint density at radius 3 is 2.26 bits per heavy atom. The first-order valence-electron chi connectivity index (χ1n) is 6.08. The van der Waals surface area contributed by atoms with Crippen molar-refractivity contribution >= 4 is 11.4 Å². The van der Waals surface area contributed by atoms with Crippen LogP contribution in [0.25, 0.3) is 11.1 Å². The molecule has 100 valence electrons. The quantitative estimate of drug-likeness (QED) is 0.655. The number of epoxide rings is 1. The lowest BCUT2D eigenvalue weighted by Gasteiger charge is -2.10. The van der Waals surface area contributed by atoms with Gasteiger partial charge in [0.15, 0.2) is 0 Å². The molecule has 3 heteroatoms. The van der Waals surface area contributed by atoms with Crippen LogP contribution in [0.4, 0.5) is 11.4 Å². The molecule has 0 amide bonds. The van der Waals surface area contributed by atoms with Crippen molar-refractivity contribution in [1.29, 1.82) is 0 Å². The minimum atomic E-state index is 0. The normalized spacial score (nSPS) is 16.7. The number of nitrogens with two attached hydrogens (primary N) is 2. The van der Waals surface area contributed by atoms with Crippen molar-refractivity contribution < 1.29 is 4.74 Å². The van der Waals surface area contributed by atoms with E-state index in [1.165, 1.54) is 16.7 Å². The average molecular weight is 256 g/mol. The van der Waals surface area contributed by atoms with Gasteiger partial charge in [-0.2, -0.15) is 0 Å². The fraction of sp³-hybridized carbons (Fsp3) is 0.250. The fourth-order valence-corrected chi connectivity index (χ4v) is 2.16. The molecule has 1 fully saturated rings. The maximum atomic E-state index is 5.86. The van der Waals surface area contributed by atoms with Crippen LogP contribution in [0.5, 0.6) is 0 Å². The zero-order valence-electron chi connectivity index (χ0n) is 10.1. The molecule has 4 N–H and O–H groups in total. The lowest BCUT2D eigenvalue weighted by Crippen LogP contribution is -1.98. The van der Waals surface area contributed by atoms with Gasteiger partial charge in [0.25, 0.3) is 0 Å². The summed E-state index contributed by atoms with van der Waals surface area (Å²) in [6.45, 7) is 0.857. The monoisotopic (exact) mass is 256 g/mol. The Balaban J connectivity index is 0.00000133. The van der Waals surface area contributed by atoms with Crippen LogP contribution in [-0.2, 0) is 11.2 Å². The topological polar surface area (TPSA) is 64.6 Å². The van der Waals surface area contributed by atoms with Gasteiger partial charge in [0, 0.05) is 17.8 Å². The third kappa shape index (κ3) is 3.06. The molecule has 1 aliphatic heterocycles. The maximum absolute atomic E-state index is 5.86. The van der Waals surface area contributed by atoms with E-state index in [1.807, 2.05) is 36.4 Å². The van der Waals surface area contributed by atoms with Crippen molar-refractivity contribution in [2.75, 3.05) is 18.1 Å². The molecular weight excluding hydrogens is 236 g/mol. The minimum Gasteiger partial charge on any atom is -0.399 e. The highest BCUT2D eigenvalue weighted by molar-refractivity contribution is 5.71. The van der Waals surface area contributed by atoms with Gasteiger partial charge in [0.05, 0.1) is 12.7 Å². The van der Waals surface area contributed by atoms with Crippen molar-refractivity contribution in [1.82, 2.24) is 0 Å². The summed E-state index contributed by atoms with van der Waals surface area (Å²) in [4.78, 5) is 0. The number of hydrogen-bond donors (Lipinski definition) is 2. The van der Waals surface area contributed by atoms with Crippen LogP contribution in [0.3, 0.4) is 0 Å². The van der Waals surface area contributed by atoms with Crippen LogP contribution < -0.4 is 11.5 Å². The number of anilines is 2. The van der Waals surface area contributed by atoms with Crippen molar-refractivity contribution in [3.63, 3.8) is 0 Å². The molecule has 2 aromatic rings. The molecule has 19 heavy (non-hydrogen) atoms. The van der Waals surface area contributed by atoms with E-state index in [0.717, 1.165) is 24.4 Å². The Hall–Kier alpha value is -2.00. The zero-order valence-corrected chi connectivity index (χ0v) is 10.1. The van der Waals surface area contributed by atoms with Gasteiger partial charge in [-0.1, -0.05) is 25.6 Å². The first kappa shape index (κ1) is 13.4. The largest absolute Gasteiger partial charge is 0.399 e. The predicted octanol–water partition coefficient (Wildman–Crippen LogP) is 3.10. The fourth-order valence-electron chi connectivity index (χ4n) is 2.16. The van der Waals surface area contributed by atoms with E-state index in [4.69, 9.17) is 16.2 Å². The third-order valence-electron chi connectivity index (χ3n) is 3.20. The van der Waals surface area contributed by atoms with E-state index >= 15 is 0 Å². The molecule has 0 saturated carbocycles. The van der Waals surface area contributed by atoms with Gasteiger partial charge < -0.3 is 16.2 Å². The summed E-state index contributed by atoms with van der Waals surface area (Å²) in [5.74, 6) is 0. The SMILES string of the molecule is C.Nc1ccc(-c2ccc(N)cc2CC2CO2)cc1. The molecule has 1 saturated heterocycles. The van der Waals surface area contributed by atoms with E-state index in [-0.39, 0.29) is 7.43 Å². The standard InChI is InChI=1S/C15H16N2O.CH4/c16-12-3-1-10(2-4-12)15-6-5-13(17)7-11(15)8-14-9-18-14;/h1-7,14H,8-9,16-17H2;1H4. The average Bonchev–Trinajstić information content (AvgIpc) is 3.15. The molecule has 0 aliphatic carbocycles. The second-order valence-electron chi connectivity index (χ2n) is 4.70. The first-order valence-corrected chi connectivity index (χ1v) is 6.08. The summed E-state index contributed by atoms with van der Waals surface area (Å²) in [5.41, 5.74) is 16.8. The molecule has 0 bridgehead atoms. The molecule has 3 rings (SSSR count). The minimum absolute atomic E-state index is 0. The molecule has 1 heterocycles. The molecule has 0 radical (unpaired) electrons. The van der Waals surface area contributed by atoms with Crippen LogP contribution in [0.2, 0.25) is 0 Å². The van der Waals surface area contributed by atoms with Gasteiger partial charge in [-0.05, 0) is 41.0 Å². The van der Waals surface area contributed by atoms with E-state index in [2.05, 4.69) is 6.07 Å². The van der Waals surface area contributed by atoms with Gasteiger partial charge in [-0.15, -0.1) is 0 Å². The Morgan fingerprint density at radius 2 is 1.63 bits per heavy atom. The maximum Gasteiger partial charge on any atom is 0.0850 e. The molecule has 3 nitrogen and oxygen atoms in total. The van der Waals surface area contributed by atoms with Crippen LogP contribution in [0.1, 0.15) is 13.0 Å². The highest BCUT2D eigenvalue weighted by Gasteiger charge is 2.24. The van der Waals surface area contributed by atoms with E-state index < -0.39 is 0 Å². The highest BCUT2D eigenvalue weighted by Crippen LogP contribution is 2.29. The Bertz CT molecular complexity index is 559. The predicted molar refractivity (Wildman–Crippen MR) is 80.9 cm³/mol. The van der Waals surface area contributed by atoms with Crippen molar-refractivity contribution in [2.24, 2.45) is 0 Å². The number of ether oxygens (including phenoxy) is 1. The Labute approximate surface area is 114 Å².